The van der Waals surface area contributed by atoms with Crippen LogP contribution in [0.5, 0.6) is 0 Å². The number of aryl methyl sites for hydroxylation is 1. The molecule has 1 amide bonds. The molecule has 3 aromatic rings. The van der Waals surface area contributed by atoms with E-state index in [4.69, 9.17) is 0 Å². The predicted octanol–water partition coefficient (Wildman–Crippen LogP) is 3.99. The van der Waals surface area contributed by atoms with Gasteiger partial charge in [-0.2, -0.15) is 0 Å². The number of hydrogen-bond donors (Lipinski definition) is 1. The van der Waals surface area contributed by atoms with Gasteiger partial charge >= 0.3 is 0 Å². The number of hydrogen-bond acceptors (Lipinski definition) is 4. The van der Waals surface area contributed by atoms with Crippen LogP contribution >= 0.6 is 0 Å². The summed E-state index contributed by atoms with van der Waals surface area (Å²) in [4.78, 5) is 23.4. The summed E-state index contributed by atoms with van der Waals surface area (Å²) in [5.74, 6) is 0.688. The predicted molar refractivity (Wildman–Crippen MR) is 108 cm³/mol. The molecule has 0 spiro atoms. The van der Waals surface area contributed by atoms with Crippen molar-refractivity contribution in [3.05, 3.63) is 71.5 Å². The Morgan fingerprint density at radius 3 is 2.56 bits per heavy atom. The number of aromatic nitrogens is 2. The van der Waals surface area contributed by atoms with Crippen LogP contribution in [0.1, 0.15) is 29.0 Å². The molecular weight excluding hydrogens is 336 g/mol. The molecule has 27 heavy (non-hydrogen) atoms. The fraction of sp³-hybridized carbons (Fsp3) is 0.227. The van der Waals surface area contributed by atoms with E-state index in [0.717, 1.165) is 28.1 Å². The van der Waals surface area contributed by atoms with Crippen molar-refractivity contribution in [2.45, 2.75) is 19.3 Å². The molecule has 5 nitrogen and oxygen atoms in total. The van der Waals surface area contributed by atoms with E-state index in [-0.39, 0.29) is 11.8 Å². The summed E-state index contributed by atoms with van der Waals surface area (Å²) >= 11 is 0. The average molecular weight is 358 g/mol. The minimum absolute atomic E-state index is 0.0196. The number of nitrogens with zero attached hydrogens (tertiary/aromatic N) is 3. The molecule has 4 rings (SSSR count). The van der Waals surface area contributed by atoms with Crippen LogP contribution in [0, 0.1) is 6.92 Å². The van der Waals surface area contributed by atoms with Gasteiger partial charge in [0.15, 0.2) is 5.82 Å². The van der Waals surface area contributed by atoms with Crippen LogP contribution in [0.25, 0.3) is 11.4 Å². The van der Waals surface area contributed by atoms with Crippen molar-refractivity contribution >= 4 is 17.3 Å². The molecule has 1 atom stereocenters. The van der Waals surface area contributed by atoms with E-state index in [1.54, 1.807) is 0 Å². The van der Waals surface area contributed by atoms with Gasteiger partial charge in [-0.25, -0.2) is 9.97 Å². The van der Waals surface area contributed by atoms with Gasteiger partial charge in [0.05, 0.1) is 0 Å². The highest BCUT2D eigenvalue weighted by Crippen LogP contribution is 2.38. The van der Waals surface area contributed by atoms with Gasteiger partial charge in [0, 0.05) is 55.8 Å². The number of rotatable bonds is 3. The first-order valence-electron chi connectivity index (χ1n) is 9.01. The molecule has 0 unspecified atom stereocenters. The second-order valence-corrected chi connectivity index (χ2v) is 7.18. The van der Waals surface area contributed by atoms with Crippen molar-refractivity contribution in [3.63, 3.8) is 0 Å². The van der Waals surface area contributed by atoms with Gasteiger partial charge in [0.25, 0.3) is 0 Å². The number of amides is 1. The lowest BCUT2D eigenvalue weighted by molar-refractivity contribution is -0.116. The van der Waals surface area contributed by atoms with Gasteiger partial charge in [-0.05, 0) is 36.2 Å². The topological polar surface area (TPSA) is 58.1 Å². The minimum atomic E-state index is -0.0310. The van der Waals surface area contributed by atoms with Gasteiger partial charge in [0.2, 0.25) is 5.91 Å². The lowest BCUT2D eigenvalue weighted by Crippen LogP contribution is -2.24. The quantitative estimate of drug-likeness (QED) is 0.769. The van der Waals surface area contributed by atoms with Crippen LogP contribution in [0.2, 0.25) is 0 Å². The van der Waals surface area contributed by atoms with Crippen molar-refractivity contribution in [3.8, 4) is 11.4 Å². The Morgan fingerprint density at radius 2 is 1.85 bits per heavy atom. The highest BCUT2D eigenvalue weighted by Gasteiger charge is 2.27. The number of nitrogens with one attached hydrogen (secondary N) is 1. The molecule has 5 heteroatoms. The van der Waals surface area contributed by atoms with Gasteiger partial charge < -0.3 is 10.2 Å². The van der Waals surface area contributed by atoms with Crippen LogP contribution in [0.4, 0.5) is 11.4 Å². The maximum absolute atomic E-state index is 12.3. The first-order valence-corrected chi connectivity index (χ1v) is 9.01. The number of carbonyl (C=O) groups is 1. The Hall–Kier alpha value is -3.21. The molecule has 0 saturated heterocycles. The monoisotopic (exact) mass is 358 g/mol. The van der Waals surface area contributed by atoms with E-state index in [9.17, 15) is 4.79 Å². The number of carbonyl (C=O) groups excluding carboxylic acids is 1. The summed E-state index contributed by atoms with van der Waals surface area (Å²) in [6.07, 6.45) is 4.09. The summed E-state index contributed by atoms with van der Waals surface area (Å²) in [5.41, 5.74) is 6.16. The second-order valence-electron chi connectivity index (χ2n) is 7.18. The largest absolute Gasteiger partial charge is 0.378 e. The smallest absolute Gasteiger partial charge is 0.225 e. The molecule has 0 radical (unpaired) electrons. The van der Waals surface area contributed by atoms with Crippen molar-refractivity contribution in [2.75, 3.05) is 24.3 Å². The van der Waals surface area contributed by atoms with Gasteiger partial charge in [-0.3, -0.25) is 4.79 Å². The van der Waals surface area contributed by atoms with Gasteiger partial charge in [-0.15, -0.1) is 0 Å². The third-order valence-corrected chi connectivity index (χ3v) is 4.94. The van der Waals surface area contributed by atoms with E-state index >= 15 is 0 Å². The standard InChI is InChI=1S/C22H22N4O/c1-14-5-4-6-15(9-14)22-23-12-16(13-24-22)19-11-21(27)25-20-10-17(26(2)3)7-8-18(19)20/h4-10,12-13,19H,11H2,1-3H3,(H,25,27)/t19-/m0/s1. The zero-order chi connectivity index (χ0) is 19.0. The Morgan fingerprint density at radius 1 is 1.07 bits per heavy atom. The Kier molecular flexibility index (Phi) is 4.36. The molecule has 2 heterocycles. The van der Waals surface area contributed by atoms with Crippen molar-refractivity contribution < 1.29 is 4.79 Å². The molecule has 1 aliphatic heterocycles. The molecular formula is C22H22N4O. The van der Waals surface area contributed by atoms with E-state index < -0.39 is 0 Å². The molecule has 1 N–H and O–H groups in total. The van der Waals surface area contributed by atoms with Crippen molar-refractivity contribution in [2.24, 2.45) is 0 Å². The normalized spacial score (nSPS) is 15.8. The molecule has 0 aliphatic carbocycles. The average Bonchev–Trinajstić information content (AvgIpc) is 2.67. The van der Waals surface area contributed by atoms with Crippen LogP contribution < -0.4 is 10.2 Å². The first-order chi connectivity index (χ1) is 13.0. The van der Waals surface area contributed by atoms with Crippen LogP contribution in [0.3, 0.4) is 0 Å². The molecule has 136 valence electrons. The molecule has 0 fully saturated rings. The molecule has 2 aromatic carbocycles. The number of benzene rings is 2. The Labute approximate surface area is 159 Å². The minimum Gasteiger partial charge on any atom is -0.378 e. The SMILES string of the molecule is Cc1cccc(-c2ncc([C@@H]3CC(=O)Nc4cc(N(C)C)ccc43)cn2)c1. The van der Waals surface area contributed by atoms with Crippen LogP contribution in [-0.4, -0.2) is 30.0 Å². The summed E-state index contributed by atoms with van der Waals surface area (Å²) in [6.45, 7) is 2.05. The summed E-state index contributed by atoms with van der Waals surface area (Å²) in [6, 6.07) is 14.3. The van der Waals surface area contributed by atoms with Crippen molar-refractivity contribution in [1.29, 1.82) is 0 Å². The molecule has 1 aliphatic rings. The zero-order valence-electron chi connectivity index (χ0n) is 15.7. The summed E-state index contributed by atoms with van der Waals surface area (Å²) in [7, 11) is 3.98. The van der Waals surface area contributed by atoms with E-state index in [2.05, 4.69) is 46.5 Å². The Balaban J connectivity index is 1.69. The third kappa shape index (κ3) is 3.40. The maximum atomic E-state index is 12.3. The number of fused-ring (bicyclic) bond motifs is 1. The lowest BCUT2D eigenvalue weighted by Gasteiger charge is -2.27. The van der Waals surface area contributed by atoms with E-state index in [1.807, 2.05) is 49.6 Å². The third-order valence-electron chi connectivity index (χ3n) is 4.94. The van der Waals surface area contributed by atoms with E-state index in [0.29, 0.717) is 12.2 Å². The molecule has 1 aromatic heterocycles. The van der Waals surface area contributed by atoms with Gasteiger partial charge in [-0.1, -0.05) is 29.8 Å². The van der Waals surface area contributed by atoms with Crippen LogP contribution in [-0.2, 0) is 4.79 Å². The highest BCUT2D eigenvalue weighted by atomic mass is 16.1. The molecule has 0 saturated carbocycles. The Bertz CT molecular complexity index is 995. The summed E-state index contributed by atoms with van der Waals surface area (Å²) < 4.78 is 0. The first kappa shape index (κ1) is 17.2. The van der Waals surface area contributed by atoms with E-state index in [1.165, 1.54) is 5.56 Å². The lowest BCUT2D eigenvalue weighted by atomic mass is 9.86. The van der Waals surface area contributed by atoms with Crippen molar-refractivity contribution in [1.82, 2.24) is 9.97 Å². The van der Waals surface area contributed by atoms with Gasteiger partial charge in [0.1, 0.15) is 0 Å². The maximum Gasteiger partial charge on any atom is 0.225 e. The summed E-state index contributed by atoms with van der Waals surface area (Å²) in [5, 5.41) is 2.99. The molecule has 0 bridgehead atoms. The zero-order valence-corrected chi connectivity index (χ0v) is 15.7. The van der Waals surface area contributed by atoms with Crippen LogP contribution in [0.15, 0.2) is 54.9 Å². The highest BCUT2D eigenvalue weighted by molar-refractivity contribution is 5.96. The second kappa shape index (κ2) is 6.83. The fourth-order valence-corrected chi connectivity index (χ4v) is 3.48. The fourth-order valence-electron chi connectivity index (χ4n) is 3.48. The number of anilines is 2.